The molecule has 0 heterocycles. The Hall–Kier alpha value is -3.64. The Morgan fingerprint density at radius 1 is 0.812 bits per heavy atom. The highest BCUT2D eigenvalue weighted by Gasteiger charge is 2.28. The molecular formula is C26H24N2O3S. The van der Waals surface area contributed by atoms with E-state index in [2.05, 4.69) is 5.32 Å². The van der Waals surface area contributed by atoms with Gasteiger partial charge in [-0.15, -0.1) is 0 Å². The zero-order chi connectivity index (χ0) is 22.6. The number of sulfonamides is 1. The summed E-state index contributed by atoms with van der Waals surface area (Å²) >= 11 is 0. The number of hydrogen-bond donors (Lipinski definition) is 1. The lowest BCUT2D eigenvalue weighted by Crippen LogP contribution is -2.41. The van der Waals surface area contributed by atoms with Crippen LogP contribution in [0.2, 0.25) is 0 Å². The summed E-state index contributed by atoms with van der Waals surface area (Å²) in [5, 5.41) is 5.04. The summed E-state index contributed by atoms with van der Waals surface area (Å²) in [6.45, 7) is 1.83. The Morgan fingerprint density at radius 3 is 2.25 bits per heavy atom. The first kappa shape index (κ1) is 21.6. The van der Waals surface area contributed by atoms with Crippen molar-refractivity contribution in [3.63, 3.8) is 0 Å². The highest BCUT2D eigenvalue weighted by atomic mass is 32.2. The minimum atomic E-state index is -3.92. The molecule has 0 spiro atoms. The molecule has 6 heteroatoms. The van der Waals surface area contributed by atoms with E-state index in [4.69, 9.17) is 0 Å². The van der Waals surface area contributed by atoms with Crippen LogP contribution in [-0.2, 0) is 21.4 Å². The van der Waals surface area contributed by atoms with Crippen molar-refractivity contribution in [1.82, 2.24) is 5.32 Å². The summed E-state index contributed by atoms with van der Waals surface area (Å²) in [7, 11) is -3.92. The molecule has 4 aromatic carbocycles. The van der Waals surface area contributed by atoms with Crippen LogP contribution in [0.4, 0.5) is 5.69 Å². The molecule has 162 valence electrons. The summed E-state index contributed by atoms with van der Waals surface area (Å²) < 4.78 is 28.0. The molecule has 0 unspecified atom stereocenters. The van der Waals surface area contributed by atoms with Gasteiger partial charge in [0.05, 0.1) is 10.6 Å². The Bertz CT molecular complexity index is 1350. The summed E-state index contributed by atoms with van der Waals surface area (Å²) in [4.78, 5) is 13.1. The average molecular weight is 445 g/mol. The van der Waals surface area contributed by atoms with Gasteiger partial charge in [-0.2, -0.15) is 0 Å². The fraction of sp³-hybridized carbons (Fsp3) is 0.115. The maximum Gasteiger partial charge on any atom is 0.264 e. The number of rotatable bonds is 7. The van der Waals surface area contributed by atoms with E-state index in [1.54, 1.807) is 30.3 Å². The summed E-state index contributed by atoms with van der Waals surface area (Å²) in [5.74, 6) is -0.374. The van der Waals surface area contributed by atoms with E-state index in [0.29, 0.717) is 12.2 Å². The molecule has 4 rings (SSSR count). The topological polar surface area (TPSA) is 66.5 Å². The fourth-order valence-electron chi connectivity index (χ4n) is 3.69. The SMILES string of the molecule is Cc1ccccc1N(CC(=O)NCc1cccc2ccccc12)S(=O)(=O)c1ccccc1. The lowest BCUT2D eigenvalue weighted by molar-refractivity contribution is -0.119. The quantitative estimate of drug-likeness (QED) is 0.451. The molecule has 0 atom stereocenters. The third kappa shape index (κ3) is 4.50. The van der Waals surface area contributed by atoms with Crippen molar-refractivity contribution in [1.29, 1.82) is 0 Å². The Labute approximate surface area is 188 Å². The van der Waals surface area contributed by atoms with E-state index in [-0.39, 0.29) is 17.3 Å². The van der Waals surface area contributed by atoms with Crippen LogP contribution in [0.15, 0.2) is 102 Å². The summed E-state index contributed by atoms with van der Waals surface area (Å²) in [5.41, 5.74) is 2.23. The van der Waals surface area contributed by atoms with Gasteiger partial charge in [-0.1, -0.05) is 78.9 Å². The van der Waals surface area contributed by atoms with Gasteiger partial charge in [0.1, 0.15) is 6.54 Å². The Morgan fingerprint density at radius 2 is 1.47 bits per heavy atom. The maximum atomic E-state index is 13.4. The van der Waals surface area contributed by atoms with Crippen molar-refractivity contribution < 1.29 is 13.2 Å². The van der Waals surface area contributed by atoms with Crippen LogP contribution < -0.4 is 9.62 Å². The normalized spacial score (nSPS) is 11.3. The number of nitrogens with one attached hydrogen (secondary N) is 1. The van der Waals surface area contributed by atoms with Gasteiger partial charge in [0.15, 0.2) is 0 Å². The van der Waals surface area contributed by atoms with Crippen LogP contribution in [0.1, 0.15) is 11.1 Å². The molecule has 0 aromatic heterocycles. The van der Waals surface area contributed by atoms with E-state index in [9.17, 15) is 13.2 Å². The predicted molar refractivity (Wildman–Crippen MR) is 128 cm³/mol. The van der Waals surface area contributed by atoms with Crippen molar-refractivity contribution in [3.8, 4) is 0 Å². The average Bonchev–Trinajstić information content (AvgIpc) is 2.82. The van der Waals surface area contributed by atoms with Gasteiger partial charge < -0.3 is 5.32 Å². The van der Waals surface area contributed by atoms with Crippen molar-refractivity contribution >= 4 is 32.4 Å². The van der Waals surface area contributed by atoms with Gasteiger partial charge in [0.25, 0.3) is 10.0 Å². The molecule has 0 radical (unpaired) electrons. The summed E-state index contributed by atoms with van der Waals surface area (Å²) in [6.07, 6.45) is 0. The standard InChI is InChI=1S/C26H24N2O3S/c1-20-10-5-8-17-25(20)28(32(30,31)23-14-3-2-4-15-23)19-26(29)27-18-22-13-9-12-21-11-6-7-16-24(21)22/h2-17H,18-19H2,1H3,(H,27,29). The number of carbonyl (C=O) groups excluding carboxylic acids is 1. The second-order valence-electron chi connectivity index (χ2n) is 7.53. The lowest BCUT2D eigenvalue weighted by Gasteiger charge is -2.25. The van der Waals surface area contributed by atoms with E-state index >= 15 is 0 Å². The third-order valence-electron chi connectivity index (χ3n) is 5.36. The maximum absolute atomic E-state index is 13.4. The number of hydrogen-bond acceptors (Lipinski definition) is 3. The van der Waals surface area contributed by atoms with Gasteiger partial charge in [0, 0.05) is 6.54 Å². The van der Waals surface area contributed by atoms with Crippen molar-refractivity contribution in [2.24, 2.45) is 0 Å². The second kappa shape index (κ2) is 9.24. The second-order valence-corrected chi connectivity index (χ2v) is 9.39. The fourth-order valence-corrected chi connectivity index (χ4v) is 5.20. The lowest BCUT2D eigenvalue weighted by atomic mass is 10.0. The molecular weight excluding hydrogens is 420 g/mol. The van der Waals surface area contributed by atoms with E-state index in [1.807, 2.05) is 61.5 Å². The largest absolute Gasteiger partial charge is 0.350 e. The zero-order valence-electron chi connectivity index (χ0n) is 17.7. The Kier molecular flexibility index (Phi) is 6.23. The zero-order valence-corrected chi connectivity index (χ0v) is 18.5. The number of para-hydroxylation sites is 1. The molecule has 0 bridgehead atoms. The molecule has 5 nitrogen and oxygen atoms in total. The minimum absolute atomic E-state index is 0.144. The van der Waals surface area contributed by atoms with Gasteiger partial charge in [-0.3, -0.25) is 9.10 Å². The monoisotopic (exact) mass is 444 g/mol. The smallest absolute Gasteiger partial charge is 0.264 e. The van der Waals surface area contributed by atoms with Crippen LogP contribution in [0.3, 0.4) is 0 Å². The van der Waals surface area contributed by atoms with Crippen LogP contribution in [0.5, 0.6) is 0 Å². The van der Waals surface area contributed by atoms with E-state index in [0.717, 1.165) is 21.9 Å². The van der Waals surface area contributed by atoms with Gasteiger partial charge in [-0.05, 0) is 47.0 Å². The number of benzene rings is 4. The molecule has 0 saturated heterocycles. The first-order valence-corrected chi connectivity index (χ1v) is 11.8. The molecule has 0 aliphatic carbocycles. The van der Waals surface area contributed by atoms with Gasteiger partial charge in [-0.25, -0.2) is 8.42 Å². The molecule has 0 fully saturated rings. The minimum Gasteiger partial charge on any atom is -0.350 e. The van der Waals surface area contributed by atoms with Crippen LogP contribution in [0.25, 0.3) is 10.8 Å². The van der Waals surface area contributed by atoms with Crippen LogP contribution in [0, 0.1) is 6.92 Å². The Balaban J connectivity index is 1.60. The number of carbonyl (C=O) groups is 1. The highest BCUT2D eigenvalue weighted by Crippen LogP contribution is 2.26. The number of amides is 1. The van der Waals surface area contributed by atoms with Crippen molar-refractivity contribution in [3.05, 3.63) is 108 Å². The van der Waals surface area contributed by atoms with Crippen LogP contribution >= 0.6 is 0 Å². The first-order valence-electron chi connectivity index (χ1n) is 10.3. The number of anilines is 1. The number of aryl methyl sites for hydroxylation is 1. The molecule has 1 N–H and O–H groups in total. The number of nitrogens with zero attached hydrogens (tertiary/aromatic N) is 1. The third-order valence-corrected chi connectivity index (χ3v) is 7.13. The predicted octanol–water partition coefficient (Wildman–Crippen LogP) is 4.66. The van der Waals surface area contributed by atoms with Gasteiger partial charge in [0.2, 0.25) is 5.91 Å². The van der Waals surface area contributed by atoms with E-state index in [1.165, 1.54) is 16.4 Å². The molecule has 0 aliphatic heterocycles. The van der Waals surface area contributed by atoms with Crippen molar-refractivity contribution in [2.45, 2.75) is 18.4 Å². The molecule has 4 aromatic rings. The first-order chi connectivity index (χ1) is 15.5. The molecule has 32 heavy (non-hydrogen) atoms. The van der Waals surface area contributed by atoms with Crippen molar-refractivity contribution in [2.75, 3.05) is 10.8 Å². The summed E-state index contributed by atoms with van der Waals surface area (Å²) in [6, 6.07) is 29.2. The molecule has 0 saturated carbocycles. The molecule has 0 aliphatic rings. The molecule has 1 amide bonds. The van der Waals surface area contributed by atoms with Crippen LogP contribution in [-0.4, -0.2) is 20.9 Å². The highest BCUT2D eigenvalue weighted by molar-refractivity contribution is 7.92. The number of fused-ring (bicyclic) bond motifs is 1. The van der Waals surface area contributed by atoms with E-state index < -0.39 is 10.0 Å². The van der Waals surface area contributed by atoms with Gasteiger partial charge >= 0.3 is 0 Å².